The van der Waals surface area contributed by atoms with Crippen LogP contribution in [0.4, 0.5) is 5.13 Å². The highest BCUT2D eigenvalue weighted by Crippen LogP contribution is 2.26. The van der Waals surface area contributed by atoms with Crippen molar-refractivity contribution < 1.29 is 18.7 Å². The summed E-state index contributed by atoms with van der Waals surface area (Å²) >= 11 is 7.54. The average Bonchev–Trinajstić information content (AvgIpc) is 3.58. The summed E-state index contributed by atoms with van der Waals surface area (Å²) in [5.74, 6) is -0.0822. The predicted octanol–water partition coefficient (Wildman–Crippen LogP) is 7.15. The van der Waals surface area contributed by atoms with Gasteiger partial charge in [0, 0.05) is 34.2 Å². The van der Waals surface area contributed by atoms with Crippen molar-refractivity contribution in [1.29, 1.82) is 5.26 Å². The average molecular weight is 546 g/mol. The molecular weight excluding hydrogens is 522 g/mol. The third-order valence-corrected chi connectivity index (χ3v) is 6.79. The number of halogens is 1. The molecule has 0 atom stereocenters. The van der Waals surface area contributed by atoms with Gasteiger partial charge in [0.2, 0.25) is 0 Å². The molecular formula is C29H24ClN3O4S. The molecule has 38 heavy (non-hydrogen) atoms. The largest absolute Gasteiger partial charge is 0.462 e. The standard InChI is InChI=1S/C29H24ClN3O4S/c1-2-3-14-36-28(35)20-10-8-19(9-11-20)26-13-12-23(37-26)15-22(17-31)27(34)33-29-32-18-24(38-29)16-21-6-4-5-7-25(21)30/h4-13,15,18H,2-3,14,16H2,1H3,(H,32,33,34)/b22-15-. The zero-order valence-electron chi connectivity index (χ0n) is 20.6. The Morgan fingerprint density at radius 1 is 1.16 bits per heavy atom. The van der Waals surface area contributed by atoms with Crippen LogP contribution in [0.15, 0.2) is 76.9 Å². The second-order valence-corrected chi connectivity index (χ2v) is 9.82. The van der Waals surface area contributed by atoms with Gasteiger partial charge < -0.3 is 9.15 Å². The molecule has 1 amide bonds. The molecule has 0 aliphatic carbocycles. The number of rotatable bonds is 10. The number of amides is 1. The quantitative estimate of drug-likeness (QED) is 0.0981. The number of anilines is 1. The van der Waals surface area contributed by atoms with Gasteiger partial charge in [-0.15, -0.1) is 11.3 Å². The molecule has 0 spiro atoms. The molecule has 2 aromatic carbocycles. The normalized spacial score (nSPS) is 11.1. The maximum Gasteiger partial charge on any atom is 0.338 e. The lowest BCUT2D eigenvalue weighted by molar-refractivity contribution is -0.112. The Hall–Kier alpha value is -4.19. The molecule has 0 saturated carbocycles. The van der Waals surface area contributed by atoms with Gasteiger partial charge in [0.15, 0.2) is 5.13 Å². The van der Waals surface area contributed by atoms with E-state index < -0.39 is 5.91 Å². The maximum atomic E-state index is 12.7. The van der Waals surface area contributed by atoms with Crippen molar-refractivity contribution in [3.05, 3.63) is 99.2 Å². The van der Waals surface area contributed by atoms with Crippen molar-refractivity contribution in [2.75, 3.05) is 11.9 Å². The molecule has 9 heteroatoms. The Morgan fingerprint density at radius 3 is 2.68 bits per heavy atom. The van der Waals surface area contributed by atoms with Crippen molar-refractivity contribution in [1.82, 2.24) is 4.98 Å². The van der Waals surface area contributed by atoms with Crippen LogP contribution in [0, 0.1) is 11.3 Å². The van der Waals surface area contributed by atoms with Crippen LogP contribution >= 0.6 is 22.9 Å². The number of furan rings is 1. The van der Waals surface area contributed by atoms with E-state index in [1.54, 1.807) is 42.6 Å². The molecule has 0 radical (unpaired) electrons. The van der Waals surface area contributed by atoms with Crippen LogP contribution < -0.4 is 5.32 Å². The fourth-order valence-electron chi connectivity index (χ4n) is 3.48. The van der Waals surface area contributed by atoms with Gasteiger partial charge in [-0.25, -0.2) is 9.78 Å². The van der Waals surface area contributed by atoms with E-state index in [4.69, 9.17) is 20.8 Å². The lowest BCUT2D eigenvalue weighted by Crippen LogP contribution is -2.13. The Bertz CT molecular complexity index is 1500. The number of hydrogen-bond donors (Lipinski definition) is 1. The van der Waals surface area contributed by atoms with Crippen LogP contribution in [-0.4, -0.2) is 23.5 Å². The zero-order chi connectivity index (χ0) is 26.9. The molecule has 192 valence electrons. The van der Waals surface area contributed by atoms with Gasteiger partial charge in [0.1, 0.15) is 23.2 Å². The summed E-state index contributed by atoms with van der Waals surface area (Å²) in [5, 5.41) is 13.3. The number of benzene rings is 2. The Morgan fingerprint density at radius 2 is 1.95 bits per heavy atom. The lowest BCUT2D eigenvalue weighted by atomic mass is 10.1. The molecule has 0 saturated heterocycles. The van der Waals surface area contributed by atoms with E-state index in [0.717, 1.165) is 28.8 Å². The summed E-state index contributed by atoms with van der Waals surface area (Å²) in [4.78, 5) is 30.0. The van der Waals surface area contributed by atoms with Crippen LogP contribution in [-0.2, 0) is 16.0 Å². The fraction of sp³-hybridized carbons (Fsp3) is 0.172. The molecule has 0 fully saturated rings. The van der Waals surface area contributed by atoms with E-state index in [9.17, 15) is 14.9 Å². The number of carbonyl (C=O) groups excluding carboxylic acids is 2. The van der Waals surface area contributed by atoms with Crippen molar-refractivity contribution in [2.45, 2.75) is 26.2 Å². The van der Waals surface area contributed by atoms with E-state index >= 15 is 0 Å². The SMILES string of the molecule is CCCCOC(=O)c1ccc(-c2ccc(/C=C(/C#N)C(=O)Nc3ncc(Cc4ccccc4Cl)s3)o2)cc1. The van der Waals surface area contributed by atoms with E-state index in [1.807, 2.05) is 37.3 Å². The summed E-state index contributed by atoms with van der Waals surface area (Å²) in [6.07, 6.45) is 5.41. The molecule has 2 heterocycles. The molecule has 0 unspecified atom stereocenters. The van der Waals surface area contributed by atoms with Gasteiger partial charge in [-0.1, -0.05) is 55.3 Å². The second-order valence-electron chi connectivity index (χ2n) is 8.29. The number of hydrogen-bond acceptors (Lipinski definition) is 7. The molecule has 4 aromatic rings. The lowest BCUT2D eigenvalue weighted by Gasteiger charge is -2.04. The van der Waals surface area contributed by atoms with Gasteiger partial charge in [-0.2, -0.15) is 5.26 Å². The van der Waals surface area contributed by atoms with Crippen LogP contribution in [0.1, 0.15) is 46.3 Å². The van der Waals surface area contributed by atoms with Gasteiger partial charge in [0.25, 0.3) is 5.91 Å². The summed E-state index contributed by atoms with van der Waals surface area (Å²) in [7, 11) is 0. The number of nitrogens with zero attached hydrogens (tertiary/aromatic N) is 2. The molecule has 0 aliphatic rings. The van der Waals surface area contributed by atoms with Gasteiger partial charge in [0.05, 0.1) is 12.2 Å². The van der Waals surface area contributed by atoms with Gasteiger partial charge >= 0.3 is 5.97 Å². The fourth-order valence-corrected chi connectivity index (χ4v) is 4.51. The Balaban J connectivity index is 1.39. The van der Waals surface area contributed by atoms with Crippen molar-refractivity contribution in [2.24, 2.45) is 0 Å². The molecule has 1 N–H and O–H groups in total. The Labute approximate surface area is 229 Å². The highest BCUT2D eigenvalue weighted by molar-refractivity contribution is 7.15. The molecule has 0 aliphatic heterocycles. The minimum atomic E-state index is -0.588. The van der Waals surface area contributed by atoms with Crippen molar-refractivity contribution in [3.8, 4) is 17.4 Å². The number of carbonyl (C=O) groups is 2. The summed E-state index contributed by atoms with van der Waals surface area (Å²) in [5.41, 5.74) is 2.03. The monoisotopic (exact) mass is 545 g/mol. The number of ether oxygens (including phenoxy) is 1. The van der Waals surface area contributed by atoms with Gasteiger partial charge in [-0.3, -0.25) is 10.1 Å². The van der Waals surface area contributed by atoms with E-state index in [2.05, 4.69) is 10.3 Å². The minimum absolute atomic E-state index is 0.126. The number of unbranched alkanes of at least 4 members (excludes halogenated alkanes) is 1. The smallest absolute Gasteiger partial charge is 0.338 e. The summed E-state index contributed by atoms with van der Waals surface area (Å²) in [6.45, 7) is 2.42. The van der Waals surface area contributed by atoms with Crippen LogP contribution in [0.5, 0.6) is 0 Å². The summed E-state index contributed by atoms with van der Waals surface area (Å²) < 4.78 is 11.0. The first kappa shape index (κ1) is 26.9. The highest BCUT2D eigenvalue weighted by atomic mass is 35.5. The van der Waals surface area contributed by atoms with Crippen molar-refractivity contribution in [3.63, 3.8) is 0 Å². The third kappa shape index (κ3) is 6.97. The third-order valence-electron chi connectivity index (χ3n) is 5.51. The van der Waals surface area contributed by atoms with Crippen LogP contribution in [0.3, 0.4) is 0 Å². The molecule has 2 aromatic heterocycles. The highest BCUT2D eigenvalue weighted by Gasteiger charge is 2.15. The number of aromatic nitrogens is 1. The van der Waals surface area contributed by atoms with Gasteiger partial charge in [-0.05, 0) is 42.3 Å². The van der Waals surface area contributed by atoms with E-state index in [1.165, 1.54) is 17.4 Å². The second kappa shape index (κ2) is 12.9. The topological polar surface area (TPSA) is 105 Å². The Kier molecular flexibility index (Phi) is 9.09. The number of thiazole rings is 1. The molecule has 0 bridgehead atoms. The first-order valence-corrected chi connectivity index (χ1v) is 13.1. The minimum Gasteiger partial charge on any atom is -0.462 e. The maximum absolute atomic E-state index is 12.7. The first-order valence-electron chi connectivity index (χ1n) is 12.0. The summed E-state index contributed by atoms with van der Waals surface area (Å²) in [6, 6.07) is 19.7. The molecule has 7 nitrogen and oxygen atoms in total. The van der Waals surface area contributed by atoms with Crippen LogP contribution in [0.25, 0.3) is 17.4 Å². The molecule has 4 rings (SSSR count). The number of nitrogens with one attached hydrogen (secondary N) is 1. The zero-order valence-corrected chi connectivity index (χ0v) is 22.1. The van der Waals surface area contributed by atoms with E-state index in [0.29, 0.717) is 40.3 Å². The van der Waals surface area contributed by atoms with E-state index in [-0.39, 0.29) is 11.5 Å². The van der Waals surface area contributed by atoms with Crippen LogP contribution in [0.2, 0.25) is 5.02 Å². The predicted molar refractivity (Wildman–Crippen MR) is 148 cm³/mol. The number of nitriles is 1. The van der Waals surface area contributed by atoms with Crippen molar-refractivity contribution >= 4 is 46.0 Å². The first-order chi connectivity index (χ1) is 18.5. The number of esters is 1.